The van der Waals surface area contributed by atoms with Crippen molar-refractivity contribution >= 4 is 11.3 Å². The van der Waals surface area contributed by atoms with Crippen LogP contribution in [-0.4, -0.2) is 65.2 Å². The first-order valence-electron chi connectivity index (χ1n) is 13.0. The van der Waals surface area contributed by atoms with Crippen LogP contribution in [0.2, 0.25) is 0 Å². The third kappa shape index (κ3) is 6.56. The molecule has 0 aliphatic carbocycles. The van der Waals surface area contributed by atoms with E-state index in [2.05, 4.69) is 48.8 Å². The fourth-order valence-electron chi connectivity index (χ4n) is 4.54. The Bertz CT molecular complexity index is 1380. The van der Waals surface area contributed by atoms with Crippen LogP contribution in [-0.2, 0) is 19.5 Å². The second-order valence-electron chi connectivity index (χ2n) is 9.57. The van der Waals surface area contributed by atoms with E-state index in [1.165, 1.54) is 5.56 Å². The highest BCUT2D eigenvalue weighted by atomic mass is 32.1. The Labute approximate surface area is 229 Å². The summed E-state index contributed by atoms with van der Waals surface area (Å²) in [6.07, 6.45) is 4.30. The van der Waals surface area contributed by atoms with Crippen LogP contribution in [0.25, 0.3) is 21.8 Å². The van der Waals surface area contributed by atoms with Crippen molar-refractivity contribution in [2.45, 2.75) is 33.4 Å². The largest absolute Gasteiger partial charge is 0.497 e. The minimum atomic E-state index is -0.00987. The topological polar surface area (TPSA) is 63.5 Å². The van der Waals surface area contributed by atoms with Crippen molar-refractivity contribution in [1.82, 2.24) is 24.3 Å². The molecular formula is C30H37N5O2S. The molecule has 4 rings (SSSR count). The van der Waals surface area contributed by atoms with Crippen LogP contribution in [0.1, 0.15) is 30.7 Å². The monoisotopic (exact) mass is 531 g/mol. The van der Waals surface area contributed by atoms with E-state index in [1.54, 1.807) is 30.8 Å². The Morgan fingerprint density at radius 2 is 1.76 bits per heavy atom. The predicted molar refractivity (Wildman–Crippen MR) is 156 cm³/mol. The molecule has 0 aliphatic heterocycles. The standard InChI is InChI=1S/C30H37N5O2S/c1-6-28-24(20-34(7-2)17-16-33(3)4)18-26(27-21-38-29(32-27)23-12-14-31-15-13-23)30(36)35(28)19-22-8-10-25(37-5)11-9-22/h8-15,18,21H,6-7,16-17,19-20H2,1-5H3. The number of nitrogens with zero attached hydrogens (tertiary/aromatic N) is 5. The molecule has 7 nitrogen and oxygen atoms in total. The second kappa shape index (κ2) is 13.0. The zero-order valence-corrected chi connectivity index (χ0v) is 23.8. The summed E-state index contributed by atoms with van der Waals surface area (Å²) < 4.78 is 7.27. The number of rotatable bonds is 12. The van der Waals surface area contributed by atoms with Crippen LogP contribution < -0.4 is 10.3 Å². The number of likely N-dealkylation sites (N-methyl/N-ethyl adjacent to an activating group) is 2. The summed E-state index contributed by atoms with van der Waals surface area (Å²) in [6.45, 7) is 8.48. The van der Waals surface area contributed by atoms with Gasteiger partial charge in [-0.1, -0.05) is 26.0 Å². The number of thiazole rings is 1. The number of benzene rings is 1. The molecule has 8 heteroatoms. The van der Waals surface area contributed by atoms with Gasteiger partial charge in [-0.2, -0.15) is 0 Å². The lowest BCUT2D eigenvalue weighted by atomic mass is 10.0. The van der Waals surface area contributed by atoms with E-state index in [-0.39, 0.29) is 5.56 Å². The van der Waals surface area contributed by atoms with Gasteiger partial charge in [0.1, 0.15) is 10.8 Å². The highest BCUT2D eigenvalue weighted by molar-refractivity contribution is 7.13. The van der Waals surface area contributed by atoms with E-state index in [1.807, 2.05) is 46.3 Å². The molecule has 4 aromatic rings. The summed E-state index contributed by atoms with van der Waals surface area (Å²) in [6, 6.07) is 13.9. The smallest absolute Gasteiger partial charge is 0.260 e. The summed E-state index contributed by atoms with van der Waals surface area (Å²) in [4.78, 5) is 27.6. The molecule has 3 aromatic heterocycles. The second-order valence-corrected chi connectivity index (χ2v) is 10.4. The molecule has 38 heavy (non-hydrogen) atoms. The van der Waals surface area contributed by atoms with Crippen LogP contribution in [0.15, 0.2) is 65.0 Å². The Morgan fingerprint density at radius 3 is 2.39 bits per heavy atom. The van der Waals surface area contributed by atoms with Crippen molar-refractivity contribution < 1.29 is 4.74 Å². The SMILES string of the molecule is CCc1c(CN(CC)CCN(C)C)cc(-c2csc(-c3ccncc3)n2)c(=O)n1Cc1ccc(OC)cc1. The highest BCUT2D eigenvalue weighted by Crippen LogP contribution is 2.29. The number of hydrogen-bond acceptors (Lipinski definition) is 7. The third-order valence-corrected chi connectivity index (χ3v) is 7.63. The number of pyridine rings is 2. The van der Waals surface area contributed by atoms with Crippen molar-refractivity contribution in [3.63, 3.8) is 0 Å². The summed E-state index contributed by atoms with van der Waals surface area (Å²) in [5, 5.41) is 2.87. The molecule has 0 aliphatic rings. The van der Waals surface area contributed by atoms with Crippen LogP contribution in [0, 0.1) is 0 Å². The van der Waals surface area contributed by atoms with Gasteiger partial charge in [-0.05, 0) is 68.5 Å². The zero-order chi connectivity index (χ0) is 27.1. The van der Waals surface area contributed by atoms with Gasteiger partial charge < -0.3 is 14.2 Å². The minimum absolute atomic E-state index is 0.00987. The van der Waals surface area contributed by atoms with E-state index in [4.69, 9.17) is 9.72 Å². The first-order valence-corrected chi connectivity index (χ1v) is 13.9. The maximum Gasteiger partial charge on any atom is 0.260 e. The molecule has 0 saturated carbocycles. The maximum atomic E-state index is 14.0. The molecule has 0 bridgehead atoms. The molecule has 3 heterocycles. The van der Waals surface area contributed by atoms with E-state index < -0.39 is 0 Å². The van der Waals surface area contributed by atoms with Crippen LogP contribution in [0.4, 0.5) is 0 Å². The average molecular weight is 532 g/mol. The summed E-state index contributed by atoms with van der Waals surface area (Å²) in [5.41, 5.74) is 5.66. The normalized spacial score (nSPS) is 11.4. The van der Waals surface area contributed by atoms with Crippen LogP contribution in [0.3, 0.4) is 0 Å². The van der Waals surface area contributed by atoms with Gasteiger partial charge in [-0.15, -0.1) is 11.3 Å². The summed E-state index contributed by atoms with van der Waals surface area (Å²) in [5.74, 6) is 0.803. The molecule has 0 unspecified atom stereocenters. The molecule has 0 radical (unpaired) electrons. The van der Waals surface area contributed by atoms with Gasteiger partial charge in [-0.3, -0.25) is 14.7 Å². The molecule has 0 saturated heterocycles. The lowest BCUT2D eigenvalue weighted by Crippen LogP contribution is -2.33. The number of aromatic nitrogens is 3. The predicted octanol–water partition coefficient (Wildman–Crippen LogP) is 5.04. The number of hydrogen-bond donors (Lipinski definition) is 0. The van der Waals surface area contributed by atoms with Gasteiger partial charge in [0.2, 0.25) is 0 Å². The van der Waals surface area contributed by atoms with Gasteiger partial charge in [0, 0.05) is 48.7 Å². The van der Waals surface area contributed by atoms with Gasteiger partial charge in [-0.25, -0.2) is 4.98 Å². The number of ether oxygens (including phenoxy) is 1. The number of methoxy groups -OCH3 is 1. The molecule has 0 amide bonds. The van der Waals surface area contributed by atoms with Crippen LogP contribution >= 0.6 is 11.3 Å². The molecule has 0 fully saturated rings. The van der Waals surface area contributed by atoms with Gasteiger partial charge in [0.05, 0.1) is 24.9 Å². The Hall–Kier alpha value is -3.33. The third-order valence-electron chi connectivity index (χ3n) is 6.74. The lowest BCUT2D eigenvalue weighted by molar-refractivity contribution is 0.243. The highest BCUT2D eigenvalue weighted by Gasteiger charge is 2.19. The van der Waals surface area contributed by atoms with Crippen molar-refractivity contribution in [3.05, 3.63) is 87.4 Å². The zero-order valence-electron chi connectivity index (χ0n) is 23.0. The van der Waals surface area contributed by atoms with Gasteiger partial charge >= 0.3 is 0 Å². The Kier molecular flexibility index (Phi) is 9.44. The molecular weight excluding hydrogens is 494 g/mol. The first kappa shape index (κ1) is 27.7. The van der Waals surface area contributed by atoms with E-state index in [0.717, 1.165) is 65.9 Å². The summed E-state index contributed by atoms with van der Waals surface area (Å²) in [7, 11) is 5.86. The fraction of sp³-hybridized carbons (Fsp3) is 0.367. The Balaban J connectivity index is 1.80. The fourth-order valence-corrected chi connectivity index (χ4v) is 5.36. The van der Waals surface area contributed by atoms with Gasteiger partial charge in [0.25, 0.3) is 5.56 Å². The lowest BCUT2D eigenvalue weighted by Gasteiger charge is -2.25. The van der Waals surface area contributed by atoms with E-state index in [0.29, 0.717) is 12.1 Å². The van der Waals surface area contributed by atoms with Crippen molar-refractivity contribution in [3.8, 4) is 27.6 Å². The molecule has 200 valence electrons. The van der Waals surface area contributed by atoms with E-state index >= 15 is 0 Å². The maximum absolute atomic E-state index is 14.0. The van der Waals surface area contributed by atoms with E-state index in [9.17, 15) is 4.79 Å². The van der Waals surface area contributed by atoms with Crippen molar-refractivity contribution in [2.24, 2.45) is 0 Å². The van der Waals surface area contributed by atoms with Crippen molar-refractivity contribution in [1.29, 1.82) is 0 Å². The van der Waals surface area contributed by atoms with Crippen LogP contribution in [0.5, 0.6) is 5.75 Å². The van der Waals surface area contributed by atoms with Crippen molar-refractivity contribution in [2.75, 3.05) is 40.8 Å². The molecule has 0 N–H and O–H groups in total. The molecule has 0 spiro atoms. The summed E-state index contributed by atoms with van der Waals surface area (Å²) >= 11 is 1.55. The molecule has 0 atom stereocenters. The first-order chi connectivity index (χ1) is 18.4. The Morgan fingerprint density at radius 1 is 1.03 bits per heavy atom. The van der Waals surface area contributed by atoms with Gasteiger partial charge in [0.15, 0.2) is 0 Å². The minimum Gasteiger partial charge on any atom is -0.497 e. The quantitative estimate of drug-likeness (QED) is 0.255. The molecule has 1 aromatic carbocycles. The average Bonchev–Trinajstić information content (AvgIpc) is 3.43.